The van der Waals surface area contributed by atoms with Crippen molar-refractivity contribution in [1.29, 1.82) is 0 Å². The third kappa shape index (κ3) is 3.13. The highest BCUT2D eigenvalue weighted by Gasteiger charge is 1.95. The van der Waals surface area contributed by atoms with Crippen molar-refractivity contribution in [1.82, 2.24) is 4.57 Å². The molecule has 2 rings (SSSR count). The fourth-order valence-electron chi connectivity index (χ4n) is 1.67. The Morgan fingerprint density at radius 3 is 2.61 bits per heavy atom. The lowest BCUT2D eigenvalue weighted by Gasteiger charge is -2.08. The summed E-state index contributed by atoms with van der Waals surface area (Å²) in [5.74, 6) is 0.833. The molecule has 0 radical (unpaired) electrons. The van der Waals surface area contributed by atoms with Crippen LogP contribution in [0.3, 0.4) is 0 Å². The van der Waals surface area contributed by atoms with Crippen LogP contribution in [0.5, 0.6) is 5.75 Å². The second-order valence-corrected chi connectivity index (χ2v) is 3.89. The van der Waals surface area contributed by atoms with Gasteiger partial charge in [0, 0.05) is 31.0 Å². The molecule has 0 amide bonds. The number of anilines is 1. The number of aromatic nitrogens is 1. The Morgan fingerprint density at radius 1 is 1.17 bits per heavy atom. The summed E-state index contributed by atoms with van der Waals surface area (Å²) >= 11 is 0. The van der Waals surface area contributed by atoms with Crippen LogP contribution in [0.4, 0.5) is 5.69 Å². The molecule has 1 aromatic carbocycles. The number of ether oxygens (including phenoxy) is 1. The summed E-state index contributed by atoms with van der Waals surface area (Å²) in [5.41, 5.74) is 1.04. The van der Waals surface area contributed by atoms with Crippen LogP contribution >= 0.6 is 0 Å². The van der Waals surface area contributed by atoms with Gasteiger partial charge >= 0.3 is 0 Å². The molecule has 2 aromatic rings. The van der Waals surface area contributed by atoms with Crippen LogP contribution < -0.4 is 15.6 Å². The van der Waals surface area contributed by atoms with E-state index in [1.807, 2.05) is 30.3 Å². The molecule has 4 nitrogen and oxygen atoms in total. The maximum absolute atomic E-state index is 11.5. The lowest BCUT2D eigenvalue weighted by Crippen LogP contribution is -2.21. The van der Waals surface area contributed by atoms with Gasteiger partial charge in [0.25, 0.3) is 5.56 Å². The molecule has 94 valence electrons. The number of hydrogen-bond donors (Lipinski definition) is 1. The molecule has 18 heavy (non-hydrogen) atoms. The third-order valence-corrected chi connectivity index (χ3v) is 2.67. The van der Waals surface area contributed by atoms with Crippen molar-refractivity contribution in [2.45, 2.75) is 6.54 Å². The molecule has 0 aliphatic heterocycles. The van der Waals surface area contributed by atoms with E-state index in [1.165, 1.54) is 0 Å². The first-order chi connectivity index (χ1) is 8.79. The Morgan fingerprint density at radius 2 is 1.94 bits per heavy atom. The van der Waals surface area contributed by atoms with Crippen molar-refractivity contribution >= 4 is 5.69 Å². The van der Waals surface area contributed by atoms with Gasteiger partial charge in [-0.05, 0) is 30.3 Å². The van der Waals surface area contributed by atoms with Crippen molar-refractivity contribution in [3.8, 4) is 5.75 Å². The predicted octanol–water partition coefficient (Wildman–Crippen LogP) is 1.97. The lowest BCUT2D eigenvalue weighted by atomic mass is 10.3. The number of nitrogens with zero attached hydrogens (tertiary/aromatic N) is 1. The van der Waals surface area contributed by atoms with Gasteiger partial charge in [-0.3, -0.25) is 4.79 Å². The summed E-state index contributed by atoms with van der Waals surface area (Å²) in [4.78, 5) is 11.5. The number of nitrogens with one attached hydrogen (secondary N) is 1. The zero-order valence-electron chi connectivity index (χ0n) is 10.3. The van der Waals surface area contributed by atoms with E-state index >= 15 is 0 Å². The SMILES string of the molecule is COc1ccc(NCCn2ccccc2=O)cc1. The average Bonchev–Trinajstić information content (AvgIpc) is 2.42. The minimum Gasteiger partial charge on any atom is -0.497 e. The highest BCUT2D eigenvalue weighted by atomic mass is 16.5. The van der Waals surface area contributed by atoms with Gasteiger partial charge < -0.3 is 14.6 Å². The van der Waals surface area contributed by atoms with Gasteiger partial charge in [0.1, 0.15) is 5.75 Å². The molecule has 0 saturated carbocycles. The van der Waals surface area contributed by atoms with E-state index in [4.69, 9.17) is 4.74 Å². The molecule has 0 bridgehead atoms. The monoisotopic (exact) mass is 244 g/mol. The van der Waals surface area contributed by atoms with E-state index in [0.29, 0.717) is 13.1 Å². The normalized spacial score (nSPS) is 10.1. The summed E-state index contributed by atoms with van der Waals surface area (Å²) in [7, 11) is 1.64. The molecule has 0 atom stereocenters. The van der Waals surface area contributed by atoms with Crippen molar-refractivity contribution < 1.29 is 4.74 Å². The summed E-state index contributed by atoms with van der Waals surface area (Å²) < 4.78 is 6.76. The van der Waals surface area contributed by atoms with Crippen molar-refractivity contribution in [2.24, 2.45) is 0 Å². The van der Waals surface area contributed by atoms with Gasteiger partial charge in [0.05, 0.1) is 7.11 Å². The van der Waals surface area contributed by atoms with Crippen LogP contribution in [0.25, 0.3) is 0 Å². The zero-order chi connectivity index (χ0) is 12.8. The van der Waals surface area contributed by atoms with Gasteiger partial charge in [-0.1, -0.05) is 6.07 Å². The van der Waals surface area contributed by atoms with Crippen molar-refractivity contribution in [2.75, 3.05) is 19.0 Å². The zero-order valence-corrected chi connectivity index (χ0v) is 10.3. The van der Waals surface area contributed by atoms with Gasteiger partial charge in [0.2, 0.25) is 0 Å². The van der Waals surface area contributed by atoms with Gasteiger partial charge in [0.15, 0.2) is 0 Å². The van der Waals surface area contributed by atoms with E-state index in [0.717, 1.165) is 11.4 Å². The molecule has 0 aliphatic carbocycles. The number of methoxy groups -OCH3 is 1. The summed E-state index contributed by atoms with van der Waals surface area (Å²) in [6, 6.07) is 12.9. The van der Waals surface area contributed by atoms with Gasteiger partial charge in [-0.25, -0.2) is 0 Å². The second kappa shape index (κ2) is 5.91. The molecule has 1 N–H and O–H groups in total. The molecule has 1 heterocycles. The molecule has 4 heteroatoms. The summed E-state index contributed by atoms with van der Waals surface area (Å²) in [6.07, 6.45) is 1.79. The summed E-state index contributed by atoms with van der Waals surface area (Å²) in [6.45, 7) is 1.35. The largest absolute Gasteiger partial charge is 0.497 e. The highest BCUT2D eigenvalue weighted by Crippen LogP contribution is 2.14. The van der Waals surface area contributed by atoms with E-state index in [1.54, 1.807) is 30.0 Å². The maximum Gasteiger partial charge on any atom is 0.250 e. The second-order valence-electron chi connectivity index (χ2n) is 3.89. The fraction of sp³-hybridized carbons (Fsp3) is 0.214. The molecule has 0 fully saturated rings. The van der Waals surface area contributed by atoms with Crippen LogP contribution in [0.2, 0.25) is 0 Å². The minimum atomic E-state index is 0.0223. The minimum absolute atomic E-state index is 0.0223. The van der Waals surface area contributed by atoms with Crippen LogP contribution in [0, 0.1) is 0 Å². The Labute approximate surface area is 106 Å². The molecular weight excluding hydrogens is 228 g/mol. The quantitative estimate of drug-likeness (QED) is 0.874. The first kappa shape index (κ1) is 12.2. The Balaban J connectivity index is 1.88. The standard InChI is InChI=1S/C14H16N2O2/c1-18-13-7-5-12(6-8-13)15-9-11-16-10-3-2-4-14(16)17/h2-8,10,15H,9,11H2,1H3. The smallest absolute Gasteiger partial charge is 0.250 e. The summed E-state index contributed by atoms with van der Waals surface area (Å²) in [5, 5.41) is 3.26. The average molecular weight is 244 g/mol. The molecule has 0 aliphatic rings. The number of hydrogen-bond acceptors (Lipinski definition) is 3. The first-order valence-electron chi connectivity index (χ1n) is 5.83. The van der Waals surface area contributed by atoms with Crippen LogP contribution in [-0.4, -0.2) is 18.2 Å². The van der Waals surface area contributed by atoms with Gasteiger partial charge in [-0.2, -0.15) is 0 Å². The third-order valence-electron chi connectivity index (χ3n) is 2.67. The van der Waals surface area contributed by atoms with Crippen LogP contribution in [0.1, 0.15) is 0 Å². The first-order valence-corrected chi connectivity index (χ1v) is 5.83. The Bertz CT molecular complexity index is 546. The van der Waals surface area contributed by atoms with E-state index in [2.05, 4.69) is 5.32 Å². The predicted molar refractivity (Wildman–Crippen MR) is 72.2 cm³/mol. The number of pyridine rings is 1. The molecule has 0 unspecified atom stereocenters. The number of rotatable bonds is 5. The van der Waals surface area contributed by atoms with Crippen LogP contribution in [-0.2, 0) is 6.54 Å². The Kier molecular flexibility index (Phi) is 4.02. The van der Waals surface area contributed by atoms with E-state index in [-0.39, 0.29) is 5.56 Å². The molecule has 1 aromatic heterocycles. The fourth-order valence-corrected chi connectivity index (χ4v) is 1.67. The van der Waals surface area contributed by atoms with Crippen LogP contribution in [0.15, 0.2) is 53.5 Å². The maximum atomic E-state index is 11.5. The molecular formula is C14H16N2O2. The topological polar surface area (TPSA) is 43.3 Å². The van der Waals surface area contributed by atoms with E-state index in [9.17, 15) is 4.79 Å². The Hall–Kier alpha value is -2.23. The molecule has 0 saturated heterocycles. The molecule has 0 spiro atoms. The van der Waals surface area contributed by atoms with Gasteiger partial charge in [-0.15, -0.1) is 0 Å². The van der Waals surface area contributed by atoms with Crippen molar-refractivity contribution in [3.05, 3.63) is 59.0 Å². The van der Waals surface area contributed by atoms with Crippen molar-refractivity contribution in [3.63, 3.8) is 0 Å². The highest BCUT2D eigenvalue weighted by molar-refractivity contribution is 5.46. The lowest BCUT2D eigenvalue weighted by molar-refractivity contribution is 0.415. The van der Waals surface area contributed by atoms with E-state index < -0.39 is 0 Å². The number of benzene rings is 1.